The predicted octanol–water partition coefficient (Wildman–Crippen LogP) is 2.89. The third-order valence-corrected chi connectivity index (χ3v) is 6.54. The van der Waals surface area contributed by atoms with Crippen molar-refractivity contribution in [3.05, 3.63) is 60.4 Å². The Kier molecular flexibility index (Phi) is 5.38. The lowest BCUT2D eigenvalue weighted by atomic mass is 9.98. The third kappa shape index (κ3) is 3.78. The SMILES string of the molecule is CN(C(=O)[C@H]1CCCN(S(=O)(=O)c2ccc(F)cc2)C1)c1ccccc1. The molecule has 0 saturated carbocycles. The number of nitrogens with zero attached hydrogens (tertiary/aromatic N) is 2. The number of para-hydroxylation sites is 1. The number of carbonyl (C=O) groups is 1. The summed E-state index contributed by atoms with van der Waals surface area (Å²) >= 11 is 0. The number of carbonyl (C=O) groups excluding carboxylic acids is 1. The number of sulfonamides is 1. The van der Waals surface area contributed by atoms with Crippen LogP contribution in [0.2, 0.25) is 0 Å². The van der Waals surface area contributed by atoms with Crippen molar-refractivity contribution in [1.82, 2.24) is 4.31 Å². The summed E-state index contributed by atoms with van der Waals surface area (Å²) in [6.45, 7) is 0.494. The van der Waals surface area contributed by atoms with Gasteiger partial charge in [0.2, 0.25) is 15.9 Å². The molecule has 0 spiro atoms. The van der Waals surface area contributed by atoms with E-state index in [1.165, 1.54) is 16.4 Å². The second kappa shape index (κ2) is 7.55. The molecule has 1 atom stereocenters. The molecule has 1 aliphatic heterocycles. The van der Waals surface area contributed by atoms with E-state index >= 15 is 0 Å². The summed E-state index contributed by atoms with van der Waals surface area (Å²) in [5.74, 6) is -0.987. The number of rotatable bonds is 4. The van der Waals surface area contributed by atoms with Gasteiger partial charge in [-0.1, -0.05) is 18.2 Å². The maximum absolute atomic E-state index is 13.1. The molecule has 7 heteroatoms. The molecule has 1 heterocycles. The van der Waals surface area contributed by atoms with E-state index < -0.39 is 21.8 Å². The van der Waals surface area contributed by atoms with Gasteiger partial charge < -0.3 is 4.90 Å². The number of hydrogen-bond donors (Lipinski definition) is 0. The number of hydrogen-bond acceptors (Lipinski definition) is 3. The third-order valence-electron chi connectivity index (χ3n) is 4.66. The first-order chi connectivity index (χ1) is 12.4. The summed E-state index contributed by atoms with van der Waals surface area (Å²) in [4.78, 5) is 14.4. The van der Waals surface area contributed by atoms with Crippen LogP contribution < -0.4 is 4.90 Å². The lowest BCUT2D eigenvalue weighted by molar-refractivity contribution is -0.123. The van der Waals surface area contributed by atoms with Gasteiger partial charge >= 0.3 is 0 Å². The van der Waals surface area contributed by atoms with E-state index in [0.717, 1.165) is 17.8 Å². The molecule has 0 aliphatic carbocycles. The molecular formula is C19H21FN2O3S. The Labute approximate surface area is 153 Å². The van der Waals surface area contributed by atoms with E-state index in [1.807, 2.05) is 30.3 Å². The van der Waals surface area contributed by atoms with Gasteiger partial charge in [0.05, 0.1) is 10.8 Å². The lowest BCUT2D eigenvalue weighted by Gasteiger charge is -2.33. The molecule has 3 rings (SSSR count). The summed E-state index contributed by atoms with van der Waals surface area (Å²) in [6, 6.07) is 14.0. The van der Waals surface area contributed by atoms with Crippen LogP contribution in [-0.2, 0) is 14.8 Å². The first kappa shape index (κ1) is 18.5. The van der Waals surface area contributed by atoms with Crippen molar-refractivity contribution in [2.75, 3.05) is 25.0 Å². The van der Waals surface area contributed by atoms with Gasteiger partial charge in [-0.15, -0.1) is 0 Å². The van der Waals surface area contributed by atoms with Crippen LogP contribution in [0.15, 0.2) is 59.5 Å². The molecule has 2 aromatic rings. The van der Waals surface area contributed by atoms with Gasteiger partial charge in [0.25, 0.3) is 0 Å². The molecular weight excluding hydrogens is 355 g/mol. The quantitative estimate of drug-likeness (QED) is 0.824. The van der Waals surface area contributed by atoms with E-state index in [1.54, 1.807) is 11.9 Å². The van der Waals surface area contributed by atoms with Gasteiger partial charge in [0.15, 0.2) is 0 Å². The van der Waals surface area contributed by atoms with E-state index in [9.17, 15) is 17.6 Å². The molecule has 2 aromatic carbocycles. The smallest absolute Gasteiger partial charge is 0.243 e. The molecule has 0 bridgehead atoms. The Morgan fingerprint density at radius 2 is 1.77 bits per heavy atom. The summed E-state index contributed by atoms with van der Waals surface area (Å²) < 4.78 is 40.0. The molecule has 1 amide bonds. The minimum absolute atomic E-state index is 0.0448. The fourth-order valence-electron chi connectivity index (χ4n) is 3.17. The highest BCUT2D eigenvalue weighted by Gasteiger charge is 2.34. The second-order valence-corrected chi connectivity index (χ2v) is 8.33. The highest BCUT2D eigenvalue weighted by Crippen LogP contribution is 2.26. The maximum atomic E-state index is 13.1. The van der Waals surface area contributed by atoms with Gasteiger partial charge in [-0.2, -0.15) is 4.31 Å². The number of benzene rings is 2. The molecule has 0 unspecified atom stereocenters. The highest BCUT2D eigenvalue weighted by atomic mass is 32.2. The minimum atomic E-state index is -3.74. The maximum Gasteiger partial charge on any atom is 0.243 e. The Hall–Kier alpha value is -2.25. The number of amides is 1. The van der Waals surface area contributed by atoms with Crippen LogP contribution >= 0.6 is 0 Å². The van der Waals surface area contributed by atoms with Gasteiger partial charge in [0, 0.05) is 25.8 Å². The molecule has 5 nitrogen and oxygen atoms in total. The van der Waals surface area contributed by atoms with Crippen LogP contribution in [0.25, 0.3) is 0 Å². The summed E-state index contributed by atoms with van der Waals surface area (Å²) in [6.07, 6.45) is 1.25. The number of piperidine rings is 1. The lowest BCUT2D eigenvalue weighted by Crippen LogP contribution is -2.45. The van der Waals surface area contributed by atoms with Crippen LogP contribution in [0, 0.1) is 11.7 Å². The van der Waals surface area contributed by atoms with Crippen LogP contribution in [0.5, 0.6) is 0 Å². The van der Waals surface area contributed by atoms with E-state index in [2.05, 4.69) is 0 Å². The van der Waals surface area contributed by atoms with Crippen molar-refractivity contribution in [2.24, 2.45) is 5.92 Å². The number of halogens is 1. The van der Waals surface area contributed by atoms with Crippen molar-refractivity contribution in [1.29, 1.82) is 0 Å². The van der Waals surface area contributed by atoms with Gasteiger partial charge in [-0.05, 0) is 49.2 Å². The zero-order chi connectivity index (χ0) is 18.7. The van der Waals surface area contributed by atoms with Crippen molar-refractivity contribution in [3.8, 4) is 0 Å². The average Bonchev–Trinajstić information content (AvgIpc) is 2.68. The Bertz CT molecular complexity index is 869. The molecule has 0 N–H and O–H groups in total. The second-order valence-electron chi connectivity index (χ2n) is 6.39. The summed E-state index contributed by atoms with van der Waals surface area (Å²) in [7, 11) is -2.04. The molecule has 1 saturated heterocycles. The van der Waals surface area contributed by atoms with Crippen molar-refractivity contribution >= 4 is 21.6 Å². The molecule has 138 valence electrons. The molecule has 0 radical (unpaired) electrons. The van der Waals surface area contributed by atoms with Gasteiger partial charge in [0.1, 0.15) is 5.82 Å². The van der Waals surface area contributed by atoms with E-state index in [-0.39, 0.29) is 17.3 Å². The molecule has 1 fully saturated rings. The summed E-state index contributed by atoms with van der Waals surface area (Å²) in [5, 5.41) is 0. The Morgan fingerprint density at radius 3 is 2.42 bits per heavy atom. The fourth-order valence-corrected chi connectivity index (χ4v) is 4.69. The molecule has 1 aliphatic rings. The number of anilines is 1. The predicted molar refractivity (Wildman–Crippen MR) is 97.7 cm³/mol. The molecule has 0 aromatic heterocycles. The minimum Gasteiger partial charge on any atom is -0.315 e. The monoisotopic (exact) mass is 376 g/mol. The van der Waals surface area contributed by atoms with Crippen LogP contribution in [-0.4, -0.2) is 38.8 Å². The topological polar surface area (TPSA) is 57.7 Å². The highest BCUT2D eigenvalue weighted by molar-refractivity contribution is 7.89. The van der Waals surface area contributed by atoms with Crippen LogP contribution in [0.1, 0.15) is 12.8 Å². The normalized spacial score (nSPS) is 18.5. The first-order valence-corrected chi connectivity index (χ1v) is 9.92. The van der Waals surface area contributed by atoms with Crippen LogP contribution in [0.3, 0.4) is 0 Å². The van der Waals surface area contributed by atoms with Crippen LogP contribution in [0.4, 0.5) is 10.1 Å². The van der Waals surface area contributed by atoms with Crippen molar-refractivity contribution in [3.63, 3.8) is 0 Å². The Balaban J connectivity index is 1.76. The average molecular weight is 376 g/mol. The zero-order valence-electron chi connectivity index (χ0n) is 14.5. The first-order valence-electron chi connectivity index (χ1n) is 8.48. The van der Waals surface area contributed by atoms with Crippen molar-refractivity contribution in [2.45, 2.75) is 17.7 Å². The van der Waals surface area contributed by atoms with Gasteiger partial charge in [-0.3, -0.25) is 4.79 Å². The zero-order valence-corrected chi connectivity index (χ0v) is 15.3. The van der Waals surface area contributed by atoms with Gasteiger partial charge in [-0.25, -0.2) is 12.8 Å². The Morgan fingerprint density at radius 1 is 1.12 bits per heavy atom. The molecule has 26 heavy (non-hydrogen) atoms. The largest absolute Gasteiger partial charge is 0.315 e. The van der Waals surface area contributed by atoms with E-state index in [4.69, 9.17) is 0 Å². The standard InChI is InChI=1S/C19H21FN2O3S/c1-21(17-7-3-2-4-8-17)19(23)15-6-5-13-22(14-15)26(24,25)18-11-9-16(20)10-12-18/h2-4,7-12,15H,5-6,13-14H2,1H3/t15-/m0/s1. The summed E-state index contributed by atoms with van der Waals surface area (Å²) in [5.41, 5.74) is 0.774. The fraction of sp³-hybridized carbons (Fsp3) is 0.316. The van der Waals surface area contributed by atoms with Crippen molar-refractivity contribution < 1.29 is 17.6 Å². The van der Waals surface area contributed by atoms with E-state index in [0.29, 0.717) is 19.4 Å².